The van der Waals surface area contributed by atoms with E-state index < -0.39 is 0 Å². The Morgan fingerprint density at radius 1 is 1.42 bits per heavy atom. The van der Waals surface area contributed by atoms with Crippen LogP contribution in [0, 0.1) is 0 Å². The number of hydrogen-bond acceptors (Lipinski definition) is 2. The fraction of sp³-hybridized carbons (Fsp3) is 0.333. The van der Waals surface area contributed by atoms with Crippen molar-refractivity contribution < 1.29 is 4.65 Å². The third-order valence-corrected chi connectivity index (χ3v) is 2.13. The summed E-state index contributed by atoms with van der Waals surface area (Å²) in [5, 5.41) is 3.25. The minimum absolute atomic E-state index is 0.190. The Morgan fingerprint density at radius 3 is 2.75 bits per heavy atom. The van der Waals surface area contributed by atoms with Gasteiger partial charge in [-0.2, -0.15) is 0 Å². The Labute approximate surface area is 73.1 Å². The lowest BCUT2D eigenvalue weighted by molar-refractivity contribution is 0.251. The molecule has 2 rings (SSSR count). The van der Waals surface area contributed by atoms with E-state index in [0.717, 1.165) is 6.54 Å². The molecule has 2 nitrogen and oxygen atoms in total. The van der Waals surface area contributed by atoms with Crippen LogP contribution in [0.5, 0.6) is 0 Å². The molecule has 0 radical (unpaired) electrons. The van der Waals surface area contributed by atoms with Crippen molar-refractivity contribution in [2.24, 2.45) is 0 Å². The summed E-state index contributed by atoms with van der Waals surface area (Å²) in [6.07, 6.45) is 0.237. The van der Waals surface area contributed by atoms with Crippen LogP contribution in [0.2, 0.25) is 6.82 Å². The highest BCUT2D eigenvalue weighted by Crippen LogP contribution is 2.20. The normalized spacial score (nSPS) is 23.1. The molecule has 1 saturated heterocycles. The Kier molecular flexibility index (Phi) is 2.15. The smallest absolute Gasteiger partial charge is 0.376 e. The molecule has 1 unspecified atom stereocenters. The van der Waals surface area contributed by atoms with E-state index in [1.54, 1.807) is 0 Å². The summed E-state index contributed by atoms with van der Waals surface area (Å²) in [7, 11) is 0.190. The van der Waals surface area contributed by atoms with Gasteiger partial charge in [-0.1, -0.05) is 30.3 Å². The lowest BCUT2D eigenvalue weighted by Gasteiger charge is -2.09. The fourth-order valence-electron chi connectivity index (χ4n) is 1.48. The molecule has 1 aromatic carbocycles. The van der Waals surface area contributed by atoms with Crippen LogP contribution < -0.4 is 5.23 Å². The maximum atomic E-state index is 5.64. The van der Waals surface area contributed by atoms with Crippen LogP contribution in [0.25, 0.3) is 0 Å². The van der Waals surface area contributed by atoms with Crippen molar-refractivity contribution in [2.75, 3.05) is 6.54 Å². The summed E-state index contributed by atoms with van der Waals surface area (Å²) in [5.41, 5.74) is 1.26. The number of rotatable bonds is 1. The highest BCUT2D eigenvalue weighted by atomic mass is 16.5. The van der Waals surface area contributed by atoms with Gasteiger partial charge in [0.15, 0.2) is 0 Å². The Hall–Kier alpha value is -0.795. The van der Waals surface area contributed by atoms with Crippen molar-refractivity contribution in [1.29, 1.82) is 0 Å². The zero-order valence-electron chi connectivity index (χ0n) is 7.16. The zero-order valence-corrected chi connectivity index (χ0v) is 7.16. The third kappa shape index (κ3) is 1.52. The lowest BCUT2D eigenvalue weighted by atomic mass is 9.90. The molecule has 62 valence electrons. The molecule has 3 heteroatoms. The van der Waals surface area contributed by atoms with Crippen molar-refractivity contribution in [1.82, 2.24) is 5.23 Å². The number of hydrogen-bond donors (Lipinski definition) is 1. The second-order valence-electron chi connectivity index (χ2n) is 3.09. The van der Waals surface area contributed by atoms with E-state index in [1.165, 1.54) is 5.56 Å². The van der Waals surface area contributed by atoms with Crippen LogP contribution in [0.1, 0.15) is 11.7 Å². The van der Waals surface area contributed by atoms with Crippen molar-refractivity contribution in [3.05, 3.63) is 35.9 Å². The average Bonchev–Trinajstić information content (AvgIpc) is 2.54. The SMILES string of the molecule is CB1NCC(c2ccccc2)O1. The molecule has 1 aromatic rings. The van der Waals surface area contributed by atoms with Gasteiger partial charge in [-0.15, -0.1) is 0 Å². The van der Waals surface area contributed by atoms with E-state index in [0.29, 0.717) is 0 Å². The van der Waals surface area contributed by atoms with Gasteiger partial charge >= 0.3 is 7.05 Å². The van der Waals surface area contributed by atoms with Gasteiger partial charge < -0.3 is 9.88 Å². The molecule has 0 amide bonds. The third-order valence-electron chi connectivity index (χ3n) is 2.13. The molecule has 0 spiro atoms. The van der Waals surface area contributed by atoms with E-state index in [9.17, 15) is 0 Å². The standard InChI is InChI=1S/C9H12BNO/c1-10-11-7-9(12-10)8-5-3-2-4-6-8/h2-6,9,11H,7H2,1H3. The molecule has 1 heterocycles. The minimum Gasteiger partial charge on any atom is -0.413 e. The van der Waals surface area contributed by atoms with Crippen LogP contribution in [0.3, 0.4) is 0 Å². The van der Waals surface area contributed by atoms with Gasteiger partial charge in [0.1, 0.15) is 0 Å². The van der Waals surface area contributed by atoms with Gasteiger partial charge in [0, 0.05) is 6.54 Å². The number of nitrogens with one attached hydrogen (secondary N) is 1. The van der Waals surface area contributed by atoms with Crippen LogP contribution >= 0.6 is 0 Å². The van der Waals surface area contributed by atoms with Crippen LogP contribution in [-0.2, 0) is 4.65 Å². The first-order chi connectivity index (χ1) is 5.86. The topological polar surface area (TPSA) is 21.3 Å². The molecule has 0 aliphatic carbocycles. The quantitative estimate of drug-likeness (QED) is 0.629. The van der Waals surface area contributed by atoms with Crippen LogP contribution in [0.4, 0.5) is 0 Å². The molecule has 1 fully saturated rings. The monoisotopic (exact) mass is 161 g/mol. The summed E-state index contributed by atoms with van der Waals surface area (Å²) in [4.78, 5) is 0. The first kappa shape index (κ1) is 7.83. The molecule has 1 aliphatic heterocycles. The molecule has 1 atom stereocenters. The molecule has 12 heavy (non-hydrogen) atoms. The predicted octanol–water partition coefficient (Wildman–Crippen LogP) is 1.47. The predicted molar refractivity (Wildman–Crippen MR) is 49.9 cm³/mol. The van der Waals surface area contributed by atoms with Crippen LogP contribution in [-0.4, -0.2) is 13.6 Å². The fourth-order valence-corrected chi connectivity index (χ4v) is 1.48. The van der Waals surface area contributed by atoms with Crippen molar-refractivity contribution in [2.45, 2.75) is 12.9 Å². The second-order valence-corrected chi connectivity index (χ2v) is 3.09. The summed E-state index contributed by atoms with van der Waals surface area (Å²) < 4.78 is 5.64. The van der Waals surface area contributed by atoms with Gasteiger partial charge in [-0.25, -0.2) is 0 Å². The Balaban J connectivity index is 2.11. The maximum Gasteiger partial charge on any atom is 0.376 e. The summed E-state index contributed by atoms with van der Waals surface area (Å²) in [6.45, 7) is 2.95. The van der Waals surface area contributed by atoms with Crippen molar-refractivity contribution in [3.8, 4) is 0 Å². The van der Waals surface area contributed by atoms with Gasteiger partial charge in [-0.05, 0) is 12.4 Å². The Morgan fingerprint density at radius 2 is 2.17 bits per heavy atom. The first-order valence-corrected chi connectivity index (χ1v) is 4.30. The van der Waals surface area contributed by atoms with E-state index >= 15 is 0 Å². The van der Waals surface area contributed by atoms with Gasteiger partial charge in [0.25, 0.3) is 0 Å². The first-order valence-electron chi connectivity index (χ1n) is 4.30. The minimum atomic E-state index is 0.190. The van der Waals surface area contributed by atoms with Gasteiger partial charge in [0.05, 0.1) is 6.10 Å². The van der Waals surface area contributed by atoms with E-state index in [1.807, 2.05) is 25.0 Å². The highest BCUT2D eigenvalue weighted by Gasteiger charge is 2.25. The van der Waals surface area contributed by atoms with E-state index in [2.05, 4.69) is 17.4 Å². The molecule has 0 saturated carbocycles. The molecular formula is C9H12BNO. The zero-order chi connectivity index (χ0) is 8.39. The maximum absolute atomic E-state index is 5.64. The average molecular weight is 161 g/mol. The summed E-state index contributed by atoms with van der Waals surface area (Å²) >= 11 is 0. The number of benzene rings is 1. The van der Waals surface area contributed by atoms with Gasteiger partial charge in [-0.3, -0.25) is 0 Å². The highest BCUT2D eigenvalue weighted by molar-refractivity contribution is 6.47. The van der Waals surface area contributed by atoms with E-state index in [-0.39, 0.29) is 13.2 Å². The molecular weight excluding hydrogens is 149 g/mol. The summed E-state index contributed by atoms with van der Waals surface area (Å²) in [5.74, 6) is 0. The van der Waals surface area contributed by atoms with Crippen molar-refractivity contribution >= 4 is 7.05 Å². The van der Waals surface area contributed by atoms with Crippen molar-refractivity contribution in [3.63, 3.8) is 0 Å². The second kappa shape index (κ2) is 3.29. The van der Waals surface area contributed by atoms with Gasteiger partial charge in [0.2, 0.25) is 0 Å². The van der Waals surface area contributed by atoms with E-state index in [4.69, 9.17) is 4.65 Å². The molecule has 1 aliphatic rings. The van der Waals surface area contributed by atoms with Crippen LogP contribution in [0.15, 0.2) is 30.3 Å². The Bertz CT molecular complexity index is 252. The summed E-state index contributed by atoms with van der Waals surface area (Å²) in [6, 6.07) is 10.3. The lowest BCUT2D eigenvalue weighted by Crippen LogP contribution is -2.23. The largest absolute Gasteiger partial charge is 0.413 e. The molecule has 0 aromatic heterocycles. The molecule has 1 N–H and O–H groups in total. The molecule has 0 bridgehead atoms.